The lowest BCUT2D eigenvalue weighted by molar-refractivity contribution is -0.185. The van der Waals surface area contributed by atoms with Gasteiger partial charge >= 0.3 is 12.1 Å². The van der Waals surface area contributed by atoms with E-state index >= 15 is 0 Å². The summed E-state index contributed by atoms with van der Waals surface area (Å²) in [5.41, 5.74) is 1.20. The monoisotopic (exact) mass is 368 g/mol. The molecule has 1 saturated carbocycles. The average molecular weight is 368 g/mol. The van der Waals surface area contributed by atoms with Crippen LogP contribution in [0.15, 0.2) is 30.5 Å². The van der Waals surface area contributed by atoms with Crippen LogP contribution in [0.1, 0.15) is 25.7 Å². The van der Waals surface area contributed by atoms with E-state index in [1.807, 2.05) is 0 Å². The maximum absolute atomic E-state index is 12.9. The minimum atomic E-state index is -4.26. The second-order valence-electron chi connectivity index (χ2n) is 6.70. The Kier molecular flexibility index (Phi) is 4.93. The van der Waals surface area contributed by atoms with Crippen LogP contribution in [0.2, 0.25) is 0 Å². The largest absolute Gasteiger partial charge is 0.480 e. The Morgan fingerprint density at radius 1 is 1.23 bits per heavy atom. The van der Waals surface area contributed by atoms with Gasteiger partial charge < -0.3 is 15.0 Å². The number of aromatic nitrogens is 1. The molecule has 1 amide bonds. The molecule has 5 nitrogen and oxygen atoms in total. The van der Waals surface area contributed by atoms with Crippen molar-refractivity contribution in [3.8, 4) is 0 Å². The van der Waals surface area contributed by atoms with E-state index in [4.69, 9.17) is 5.11 Å². The molecule has 1 fully saturated rings. The van der Waals surface area contributed by atoms with Gasteiger partial charge in [-0.2, -0.15) is 13.2 Å². The first-order chi connectivity index (χ1) is 12.2. The molecule has 3 rings (SSSR count). The van der Waals surface area contributed by atoms with Gasteiger partial charge in [-0.15, -0.1) is 0 Å². The molecule has 1 aliphatic carbocycles. The Labute approximate surface area is 147 Å². The molecule has 1 aromatic heterocycles. The summed E-state index contributed by atoms with van der Waals surface area (Å²) in [4.78, 5) is 23.2. The summed E-state index contributed by atoms with van der Waals surface area (Å²) in [6.45, 7) is -0.171. The van der Waals surface area contributed by atoms with Gasteiger partial charge in [-0.05, 0) is 43.5 Å². The van der Waals surface area contributed by atoms with E-state index in [1.54, 1.807) is 35.0 Å². The van der Waals surface area contributed by atoms with Gasteiger partial charge in [-0.25, -0.2) is 0 Å². The van der Waals surface area contributed by atoms with Crippen LogP contribution in [0, 0.1) is 11.8 Å². The first-order valence-corrected chi connectivity index (χ1v) is 8.42. The zero-order chi connectivity index (χ0) is 18.9. The number of carboxylic acids is 1. The Balaban J connectivity index is 1.70. The standard InChI is InChI=1S/C18H19F3N2O3/c19-18(20,21)13-3-1-2-12(8-13)17(26)22-14-4-5-15-11(9-14)6-7-23(15)10-16(24)25/h4-7,9,12-13H,1-3,8,10H2,(H,22,26)(H,24,25). The second kappa shape index (κ2) is 7.01. The fraction of sp³-hybridized carbons (Fsp3) is 0.444. The summed E-state index contributed by atoms with van der Waals surface area (Å²) in [6.07, 6.45) is -1.87. The molecule has 2 aromatic rings. The number of carbonyl (C=O) groups is 2. The quantitative estimate of drug-likeness (QED) is 0.856. The maximum Gasteiger partial charge on any atom is 0.391 e. The highest BCUT2D eigenvalue weighted by atomic mass is 19.4. The number of fused-ring (bicyclic) bond motifs is 1. The van der Waals surface area contributed by atoms with E-state index in [2.05, 4.69) is 5.32 Å². The van der Waals surface area contributed by atoms with Gasteiger partial charge in [-0.1, -0.05) is 6.42 Å². The van der Waals surface area contributed by atoms with E-state index in [-0.39, 0.29) is 19.4 Å². The summed E-state index contributed by atoms with van der Waals surface area (Å²) in [7, 11) is 0. The van der Waals surface area contributed by atoms with Crippen molar-refractivity contribution in [1.82, 2.24) is 4.57 Å². The van der Waals surface area contributed by atoms with Crippen LogP contribution < -0.4 is 5.32 Å². The predicted octanol–water partition coefficient (Wildman–Crippen LogP) is 4.03. The molecule has 0 aliphatic heterocycles. The first-order valence-electron chi connectivity index (χ1n) is 8.42. The zero-order valence-electron chi connectivity index (χ0n) is 13.9. The van der Waals surface area contributed by atoms with Gasteiger partial charge in [-0.3, -0.25) is 9.59 Å². The van der Waals surface area contributed by atoms with Crippen molar-refractivity contribution in [2.75, 3.05) is 5.32 Å². The van der Waals surface area contributed by atoms with Crippen LogP contribution in [0.4, 0.5) is 18.9 Å². The van der Waals surface area contributed by atoms with Gasteiger partial charge in [0.05, 0.1) is 5.92 Å². The van der Waals surface area contributed by atoms with Crippen molar-refractivity contribution < 1.29 is 27.9 Å². The molecule has 1 aliphatic rings. The minimum Gasteiger partial charge on any atom is -0.480 e. The number of hydrogen-bond acceptors (Lipinski definition) is 2. The number of alkyl halides is 3. The van der Waals surface area contributed by atoms with Gasteiger partial charge in [0.1, 0.15) is 6.54 Å². The number of anilines is 1. The van der Waals surface area contributed by atoms with E-state index < -0.39 is 29.9 Å². The van der Waals surface area contributed by atoms with Gasteiger partial charge in [0, 0.05) is 28.7 Å². The number of halogens is 3. The number of carboxylic acid groups (broad SMARTS) is 1. The Morgan fingerprint density at radius 3 is 2.69 bits per heavy atom. The second-order valence-corrected chi connectivity index (χ2v) is 6.70. The molecule has 2 N–H and O–H groups in total. The van der Waals surface area contributed by atoms with Crippen LogP contribution in [-0.2, 0) is 16.1 Å². The molecular formula is C18H19F3N2O3. The SMILES string of the molecule is O=C(O)Cn1ccc2cc(NC(=O)C3CCCC(C(F)(F)F)C3)ccc21. The van der Waals surface area contributed by atoms with Crippen LogP contribution in [0.5, 0.6) is 0 Å². The number of rotatable bonds is 4. The molecule has 0 saturated heterocycles. The number of benzene rings is 1. The van der Waals surface area contributed by atoms with Gasteiger partial charge in [0.15, 0.2) is 0 Å². The highest BCUT2D eigenvalue weighted by molar-refractivity contribution is 5.95. The molecule has 1 aromatic carbocycles. The lowest BCUT2D eigenvalue weighted by Crippen LogP contribution is -2.34. The molecule has 0 radical (unpaired) electrons. The van der Waals surface area contributed by atoms with Gasteiger partial charge in [0.25, 0.3) is 0 Å². The zero-order valence-corrected chi connectivity index (χ0v) is 13.9. The third-order valence-corrected chi connectivity index (χ3v) is 4.85. The summed E-state index contributed by atoms with van der Waals surface area (Å²) in [5.74, 6) is -3.43. The number of carbonyl (C=O) groups excluding carboxylic acids is 1. The van der Waals surface area contributed by atoms with E-state index in [1.165, 1.54) is 0 Å². The van der Waals surface area contributed by atoms with Crippen molar-refractivity contribution in [2.24, 2.45) is 11.8 Å². The summed E-state index contributed by atoms with van der Waals surface area (Å²) >= 11 is 0. The highest BCUT2D eigenvalue weighted by Gasteiger charge is 2.43. The summed E-state index contributed by atoms with van der Waals surface area (Å²) < 4.78 is 40.3. The fourth-order valence-corrected chi connectivity index (χ4v) is 3.53. The average Bonchev–Trinajstić information content (AvgIpc) is 2.96. The molecular weight excluding hydrogens is 349 g/mol. The fourth-order valence-electron chi connectivity index (χ4n) is 3.53. The van der Waals surface area contributed by atoms with Crippen LogP contribution >= 0.6 is 0 Å². The number of nitrogens with one attached hydrogen (secondary N) is 1. The Morgan fingerprint density at radius 2 is 2.00 bits per heavy atom. The molecule has 2 atom stereocenters. The van der Waals surface area contributed by atoms with E-state index in [0.29, 0.717) is 24.0 Å². The normalized spacial score (nSPS) is 20.9. The van der Waals surface area contributed by atoms with Crippen molar-refractivity contribution in [1.29, 1.82) is 0 Å². The lowest BCUT2D eigenvalue weighted by Gasteiger charge is -2.29. The van der Waals surface area contributed by atoms with Crippen LogP contribution in [-0.4, -0.2) is 27.7 Å². The third kappa shape index (κ3) is 4.00. The van der Waals surface area contributed by atoms with Crippen molar-refractivity contribution in [2.45, 2.75) is 38.4 Å². The topological polar surface area (TPSA) is 71.3 Å². The third-order valence-electron chi connectivity index (χ3n) is 4.85. The first kappa shape index (κ1) is 18.3. The number of nitrogens with zero attached hydrogens (tertiary/aromatic N) is 1. The van der Waals surface area contributed by atoms with Crippen molar-refractivity contribution >= 4 is 28.5 Å². The van der Waals surface area contributed by atoms with Crippen LogP contribution in [0.25, 0.3) is 10.9 Å². The van der Waals surface area contributed by atoms with E-state index in [0.717, 1.165) is 5.39 Å². The number of aliphatic carboxylic acids is 1. The maximum atomic E-state index is 12.9. The van der Waals surface area contributed by atoms with E-state index in [9.17, 15) is 22.8 Å². The van der Waals surface area contributed by atoms with Gasteiger partial charge in [0.2, 0.25) is 5.91 Å². The summed E-state index contributed by atoms with van der Waals surface area (Å²) in [5, 5.41) is 12.3. The molecule has 1 heterocycles. The Hall–Kier alpha value is -2.51. The molecule has 0 bridgehead atoms. The predicted molar refractivity (Wildman–Crippen MR) is 89.7 cm³/mol. The van der Waals surface area contributed by atoms with Crippen LogP contribution in [0.3, 0.4) is 0 Å². The molecule has 26 heavy (non-hydrogen) atoms. The van der Waals surface area contributed by atoms with Crippen molar-refractivity contribution in [3.63, 3.8) is 0 Å². The minimum absolute atomic E-state index is 0.0797. The molecule has 2 unspecified atom stereocenters. The summed E-state index contributed by atoms with van der Waals surface area (Å²) in [6, 6.07) is 6.74. The number of hydrogen-bond donors (Lipinski definition) is 2. The smallest absolute Gasteiger partial charge is 0.391 e. The lowest BCUT2D eigenvalue weighted by atomic mass is 9.80. The molecule has 8 heteroatoms. The number of amides is 1. The molecule has 0 spiro atoms. The Bertz CT molecular complexity index is 829. The molecule has 140 valence electrons. The highest BCUT2D eigenvalue weighted by Crippen LogP contribution is 2.40. The van der Waals surface area contributed by atoms with Crippen molar-refractivity contribution in [3.05, 3.63) is 30.5 Å².